The molecule has 16 heavy (non-hydrogen) atoms. The van der Waals surface area contributed by atoms with Gasteiger partial charge in [0, 0.05) is 33.6 Å². The number of hydrogen-bond acceptors (Lipinski definition) is 3. The van der Waals surface area contributed by atoms with Crippen molar-refractivity contribution in [2.24, 2.45) is 11.0 Å². The van der Waals surface area contributed by atoms with E-state index >= 15 is 0 Å². The van der Waals surface area contributed by atoms with Crippen LogP contribution in [0.1, 0.15) is 12.0 Å². The normalized spacial score (nSPS) is 22.9. The molecule has 0 saturated carbocycles. The molecule has 2 aliphatic heterocycles. The first-order valence-corrected chi connectivity index (χ1v) is 6.39. The van der Waals surface area contributed by atoms with E-state index in [2.05, 4.69) is 10.5 Å². The van der Waals surface area contributed by atoms with E-state index in [9.17, 15) is 4.79 Å². The number of amides is 1. The van der Waals surface area contributed by atoms with Crippen LogP contribution < -0.4 is 5.43 Å². The molecule has 1 aromatic carbocycles. The molecule has 0 spiro atoms. The van der Waals surface area contributed by atoms with E-state index in [0.717, 1.165) is 17.0 Å². The quantitative estimate of drug-likeness (QED) is 0.770. The van der Waals surface area contributed by atoms with Crippen molar-refractivity contribution in [2.75, 3.05) is 5.75 Å². The highest BCUT2D eigenvalue weighted by Crippen LogP contribution is 2.36. The van der Waals surface area contributed by atoms with Gasteiger partial charge in [0.05, 0.1) is 5.71 Å². The molecule has 1 atom stereocenters. The molecule has 0 radical (unpaired) electrons. The molecule has 0 bridgehead atoms. The summed E-state index contributed by atoms with van der Waals surface area (Å²) in [5.74, 6) is 1.14. The van der Waals surface area contributed by atoms with Gasteiger partial charge in [-0.15, -0.1) is 11.8 Å². The second-order valence-corrected chi connectivity index (χ2v) is 5.38. The summed E-state index contributed by atoms with van der Waals surface area (Å²) in [4.78, 5) is 12.4. The molecule has 5 heteroatoms. The van der Waals surface area contributed by atoms with E-state index in [1.807, 2.05) is 18.2 Å². The summed E-state index contributed by atoms with van der Waals surface area (Å²) >= 11 is 7.75. The molecule has 1 N–H and O–H groups in total. The molecule has 3 nitrogen and oxygen atoms in total. The summed E-state index contributed by atoms with van der Waals surface area (Å²) in [7, 11) is 0. The van der Waals surface area contributed by atoms with Gasteiger partial charge >= 0.3 is 0 Å². The number of fused-ring (bicyclic) bond motifs is 3. The van der Waals surface area contributed by atoms with E-state index in [1.54, 1.807) is 11.8 Å². The van der Waals surface area contributed by atoms with Crippen molar-refractivity contribution in [1.82, 2.24) is 5.43 Å². The van der Waals surface area contributed by atoms with Gasteiger partial charge in [-0.05, 0) is 18.2 Å². The molecule has 2 aliphatic rings. The van der Waals surface area contributed by atoms with Gasteiger partial charge in [0.1, 0.15) is 0 Å². The van der Waals surface area contributed by atoms with Crippen molar-refractivity contribution >= 4 is 35.0 Å². The molecule has 1 amide bonds. The largest absolute Gasteiger partial charge is 0.273 e. The number of hydrogen-bond donors (Lipinski definition) is 1. The number of benzene rings is 1. The lowest BCUT2D eigenvalue weighted by molar-refractivity contribution is -0.121. The average molecular weight is 253 g/mol. The van der Waals surface area contributed by atoms with Crippen LogP contribution in [0.4, 0.5) is 0 Å². The first-order chi connectivity index (χ1) is 7.74. The maximum Gasteiger partial charge on any atom is 0.240 e. The minimum atomic E-state index is -0.000159. The lowest BCUT2D eigenvalue weighted by Gasteiger charge is -2.28. The summed E-state index contributed by atoms with van der Waals surface area (Å²) in [5, 5.41) is 4.87. The van der Waals surface area contributed by atoms with Crippen molar-refractivity contribution in [3.63, 3.8) is 0 Å². The van der Waals surface area contributed by atoms with Gasteiger partial charge in [0.15, 0.2) is 0 Å². The summed E-state index contributed by atoms with van der Waals surface area (Å²) in [5.41, 5.74) is 4.57. The topological polar surface area (TPSA) is 41.5 Å². The Hall–Kier alpha value is -1.00. The molecule has 82 valence electrons. The van der Waals surface area contributed by atoms with E-state index in [-0.39, 0.29) is 11.8 Å². The number of nitrogens with zero attached hydrogens (tertiary/aromatic N) is 1. The Morgan fingerprint density at radius 2 is 2.38 bits per heavy atom. The first kappa shape index (κ1) is 10.2. The van der Waals surface area contributed by atoms with Crippen LogP contribution in [0.15, 0.2) is 28.2 Å². The highest BCUT2D eigenvalue weighted by atomic mass is 35.5. The maximum absolute atomic E-state index is 11.2. The zero-order chi connectivity index (χ0) is 11.1. The molecule has 1 unspecified atom stereocenters. The van der Waals surface area contributed by atoms with Crippen molar-refractivity contribution in [2.45, 2.75) is 11.3 Å². The number of thioether (sulfide) groups is 1. The number of halogens is 1. The van der Waals surface area contributed by atoms with E-state index in [1.165, 1.54) is 4.90 Å². The van der Waals surface area contributed by atoms with Crippen molar-refractivity contribution in [3.8, 4) is 0 Å². The number of rotatable bonds is 0. The summed E-state index contributed by atoms with van der Waals surface area (Å²) in [6.45, 7) is 0. The van der Waals surface area contributed by atoms with Gasteiger partial charge in [-0.2, -0.15) is 5.10 Å². The Morgan fingerprint density at radius 1 is 1.50 bits per heavy atom. The highest BCUT2D eigenvalue weighted by molar-refractivity contribution is 7.99. The summed E-state index contributed by atoms with van der Waals surface area (Å²) in [6.07, 6.45) is 0.526. The van der Waals surface area contributed by atoms with Crippen LogP contribution in [-0.2, 0) is 4.79 Å². The fourth-order valence-electron chi connectivity index (χ4n) is 2.02. The van der Waals surface area contributed by atoms with Crippen molar-refractivity contribution in [3.05, 3.63) is 28.8 Å². The first-order valence-electron chi connectivity index (χ1n) is 5.03. The SMILES string of the molecule is O=C1CC2CSc3ccc(Cl)cc3C2=NN1. The predicted molar refractivity (Wildman–Crippen MR) is 65.0 cm³/mol. The summed E-state index contributed by atoms with van der Waals surface area (Å²) in [6, 6.07) is 5.82. The van der Waals surface area contributed by atoms with Crippen LogP contribution in [0.5, 0.6) is 0 Å². The Bertz CT molecular complexity index is 501. The minimum Gasteiger partial charge on any atom is -0.273 e. The van der Waals surface area contributed by atoms with Crippen LogP contribution in [0.3, 0.4) is 0 Å². The third-order valence-corrected chi connectivity index (χ3v) is 4.25. The lowest BCUT2D eigenvalue weighted by atomic mass is 9.93. The van der Waals surface area contributed by atoms with Gasteiger partial charge < -0.3 is 0 Å². The van der Waals surface area contributed by atoms with E-state index in [4.69, 9.17) is 11.6 Å². The van der Waals surface area contributed by atoms with Gasteiger partial charge in [-0.3, -0.25) is 4.79 Å². The van der Waals surface area contributed by atoms with Crippen molar-refractivity contribution < 1.29 is 4.79 Å². The fourth-order valence-corrected chi connectivity index (χ4v) is 3.33. The number of carbonyl (C=O) groups is 1. The molecule has 1 aromatic rings. The van der Waals surface area contributed by atoms with Crippen LogP contribution in [0.2, 0.25) is 5.02 Å². The Labute approximate surface area is 102 Å². The fraction of sp³-hybridized carbons (Fsp3) is 0.273. The van der Waals surface area contributed by atoms with Crippen LogP contribution >= 0.6 is 23.4 Å². The Morgan fingerprint density at radius 3 is 3.25 bits per heavy atom. The van der Waals surface area contributed by atoms with Gasteiger partial charge in [0.25, 0.3) is 0 Å². The average Bonchev–Trinajstić information content (AvgIpc) is 2.28. The standard InChI is InChI=1S/C11H9ClN2OS/c12-7-1-2-9-8(4-7)11-6(5-16-9)3-10(15)13-14-11/h1-2,4,6H,3,5H2,(H,13,15). The smallest absolute Gasteiger partial charge is 0.240 e. The molecule has 2 heterocycles. The minimum absolute atomic E-state index is 0.000159. The third-order valence-electron chi connectivity index (χ3n) is 2.78. The predicted octanol–water partition coefficient (Wildman–Crippen LogP) is 2.29. The van der Waals surface area contributed by atoms with Gasteiger partial charge in [-0.25, -0.2) is 5.43 Å². The number of carbonyl (C=O) groups excluding carboxylic acids is 1. The summed E-state index contributed by atoms with van der Waals surface area (Å²) < 4.78 is 0. The van der Waals surface area contributed by atoms with Crippen LogP contribution in [0.25, 0.3) is 0 Å². The van der Waals surface area contributed by atoms with Crippen LogP contribution in [-0.4, -0.2) is 17.4 Å². The van der Waals surface area contributed by atoms with Crippen LogP contribution in [0, 0.1) is 5.92 Å². The molecule has 3 rings (SSSR count). The van der Waals surface area contributed by atoms with Gasteiger partial charge in [0.2, 0.25) is 5.91 Å². The van der Waals surface area contributed by atoms with Gasteiger partial charge in [-0.1, -0.05) is 11.6 Å². The zero-order valence-corrected chi connectivity index (χ0v) is 9.94. The Kier molecular flexibility index (Phi) is 2.41. The number of nitrogens with one attached hydrogen (secondary N) is 1. The monoisotopic (exact) mass is 252 g/mol. The van der Waals surface area contributed by atoms with E-state index in [0.29, 0.717) is 11.4 Å². The zero-order valence-electron chi connectivity index (χ0n) is 8.37. The van der Waals surface area contributed by atoms with Crippen molar-refractivity contribution in [1.29, 1.82) is 0 Å². The maximum atomic E-state index is 11.2. The molecule has 0 aromatic heterocycles. The molecule has 0 saturated heterocycles. The number of hydrazone groups is 1. The highest BCUT2D eigenvalue weighted by Gasteiger charge is 2.31. The second-order valence-electron chi connectivity index (χ2n) is 3.88. The molecule has 0 aliphatic carbocycles. The van der Waals surface area contributed by atoms with E-state index < -0.39 is 0 Å². The molecule has 0 fully saturated rings. The Balaban J connectivity index is 2.11. The second kappa shape index (κ2) is 3.79. The molecular formula is C11H9ClN2OS. The lowest BCUT2D eigenvalue weighted by Crippen LogP contribution is -2.36. The molecular weight excluding hydrogens is 244 g/mol. The third kappa shape index (κ3) is 1.62.